The summed E-state index contributed by atoms with van der Waals surface area (Å²) in [6.45, 7) is 0. The van der Waals surface area contributed by atoms with Gasteiger partial charge >= 0.3 is 5.97 Å². The number of carbonyl (C=O) groups is 3. The molecule has 1 aliphatic heterocycles. The van der Waals surface area contributed by atoms with Gasteiger partial charge in [0, 0.05) is 5.56 Å². The molecule has 2 N–H and O–H groups in total. The van der Waals surface area contributed by atoms with Crippen LogP contribution in [0, 0.1) is 5.82 Å². The largest absolute Gasteiger partial charge is 0.465 e. The Balaban J connectivity index is 1.98. The van der Waals surface area contributed by atoms with E-state index in [0.29, 0.717) is 16.8 Å². The van der Waals surface area contributed by atoms with Crippen molar-refractivity contribution in [1.29, 1.82) is 0 Å². The fraction of sp³-hybridized carbons (Fsp3) is 0.0455. The summed E-state index contributed by atoms with van der Waals surface area (Å²) in [6, 6.07) is 15.2. The van der Waals surface area contributed by atoms with E-state index in [1.165, 1.54) is 37.4 Å². The van der Waals surface area contributed by atoms with Gasteiger partial charge in [0.2, 0.25) is 0 Å². The van der Waals surface area contributed by atoms with Gasteiger partial charge in [-0.1, -0.05) is 30.3 Å². The van der Waals surface area contributed by atoms with E-state index < -0.39 is 23.6 Å². The zero-order valence-corrected chi connectivity index (χ0v) is 15.3. The number of nitrogen functional groups attached to an aromatic ring is 1. The number of methoxy groups -OCH3 is 1. The number of hydrogen-bond donors (Lipinski definition) is 1. The Labute approximate surface area is 165 Å². The van der Waals surface area contributed by atoms with Crippen molar-refractivity contribution in [3.63, 3.8) is 0 Å². The maximum absolute atomic E-state index is 13.3. The molecule has 3 aromatic rings. The van der Waals surface area contributed by atoms with Crippen LogP contribution in [-0.2, 0) is 4.74 Å². The van der Waals surface area contributed by atoms with Crippen LogP contribution in [0.1, 0.15) is 31.1 Å². The molecule has 7 heteroatoms. The molecular weight excluding hydrogens is 375 g/mol. The van der Waals surface area contributed by atoms with E-state index in [-0.39, 0.29) is 22.4 Å². The molecule has 0 atom stereocenters. The first-order chi connectivity index (χ1) is 13.9. The minimum absolute atomic E-state index is 0.0380. The van der Waals surface area contributed by atoms with Crippen molar-refractivity contribution in [2.24, 2.45) is 0 Å². The van der Waals surface area contributed by atoms with E-state index in [2.05, 4.69) is 0 Å². The van der Waals surface area contributed by atoms with Crippen molar-refractivity contribution in [1.82, 2.24) is 0 Å². The minimum Gasteiger partial charge on any atom is -0.465 e. The zero-order chi connectivity index (χ0) is 20.7. The molecule has 2 amide bonds. The molecule has 0 fully saturated rings. The maximum atomic E-state index is 13.3. The number of carbonyl (C=O) groups excluding carboxylic acids is 3. The Morgan fingerprint density at radius 1 is 0.966 bits per heavy atom. The summed E-state index contributed by atoms with van der Waals surface area (Å²) < 4.78 is 18.1. The van der Waals surface area contributed by atoms with Gasteiger partial charge in [-0.2, -0.15) is 0 Å². The van der Waals surface area contributed by atoms with Gasteiger partial charge in [-0.25, -0.2) is 14.1 Å². The van der Waals surface area contributed by atoms with Gasteiger partial charge in [0.1, 0.15) is 5.82 Å². The molecule has 144 valence electrons. The number of esters is 1. The van der Waals surface area contributed by atoms with E-state index in [1.54, 1.807) is 30.3 Å². The number of hydrogen-bond acceptors (Lipinski definition) is 5. The lowest BCUT2D eigenvalue weighted by atomic mass is 9.93. The molecule has 0 spiro atoms. The van der Waals surface area contributed by atoms with E-state index in [1.807, 2.05) is 0 Å². The molecule has 1 heterocycles. The molecule has 0 aromatic heterocycles. The first-order valence-corrected chi connectivity index (χ1v) is 8.68. The number of ether oxygens (including phenoxy) is 1. The molecular formula is C22H15FN2O4. The predicted octanol–water partition coefficient (Wildman–Crippen LogP) is 3.66. The van der Waals surface area contributed by atoms with Gasteiger partial charge in [0.05, 0.1) is 35.2 Å². The molecule has 0 unspecified atom stereocenters. The summed E-state index contributed by atoms with van der Waals surface area (Å²) in [5.41, 5.74) is 7.24. The summed E-state index contributed by atoms with van der Waals surface area (Å²) >= 11 is 0. The van der Waals surface area contributed by atoms with Crippen molar-refractivity contribution in [2.75, 3.05) is 17.7 Å². The van der Waals surface area contributed by atoms with E-state index in [4.69, 9.17) is 10.5 Å². The SMILES string of the molecule is COC(=O)c1cc(-c2ccc(F)cc2)c(N)c2c1C(=O)N(c1ccccc1)C2=O. The van der Waals surface area contributed by atoms with Gasteiger partial charge < -0.3 is 10.5 Å². The van der Waals surface area contributed by atoms with Crippen LogP contribution in [0.2, 0.25) is 0 Å². The first-order valence-electron chi connectivity index (χ1n) is 8.68. The van der Waals surface area contributed by atoms with E-state index in [0.717, 1.165) is 4.90 Å². The third-order valence-corrected chi connectivity index (χ3v) is 4.78. The molecule has 3 aromatic carbocycles. The number of fused-ring (bicyclic) bond motifs is 1. The molecule has 4 rings (SSSR count). The lowest BCUT2D eigenvalue weighted by molar-refractivity contribution is 0.0597. The van der Waals surface area contributed by atoms with Crippen LogP contribution in [0.4, 0.5) is 15.8 Å². The van der Waals surface area contributed by atoms with Crippen LogP contribution >= 0.6 is 0 Å². The lowest BCUT2D eigenvalue weighted by Gasteiger charge is -2.13. The van der Waals surface area contributed by atoms with Crippen LogP contribution in [0.3, 0.4) is 0 Å². The third kappa shape index (κ3) is 2.84. The van der Waals surface area contributed by atoms with Crippen molar-refractivity contribution in [2.45, 2.75) is 0 Å². The van der Waals surface area contributed by atoms with Crippen LogP contribution in [-0.4, -0.2) is 24.9 Å². The number of para-hydroxylation sites is 1. The molecule has 0 saturated carbocycles. The number of nitrogens with zero attached hydrogens (tertiary/aromatic N) is 1. The molecule has 29 heavy (non-hydrogen) atoms. The number of amides is 2. The number of benzene rings is 3. The van der Waals surface area contributed by atoms with Crippen molar-refractivity contribution >= 4 is 29.2 Å². The summed E-state index contributed by atoms with van der Waals surface area (Å²) in [5.74, 6) is -2.51. The monoisotopic (exact) mass is 390 g/mol. The normalized spacial score (nSPS) is 12.8. The lowest BCUT2D eigenvalue weighted by Crippen LogP contribution is -2.29. The summed E-state index contributed by atoms with van der Waals surface area (Å²) in [4.78, 5) is 39.6. The van der Waals surface area contributed by atoms with Gasteiger partial charge in [-0.3, -0.25) is 9.59 Å². The highest BCUT2D eigenvalue weighted by Crippen LogP contribution is 2.39. The molecule has 0 radical (unpaired) electrons. The minimum atomic E-state index is -0.777. The van der Waals surface area contributed by atoms with Gasteiger partial charge in [-0.15, -0.1) is 0 Å². The Hall–Kier alpha value is -4.00. The highest BCUT2D eigenvalue weighted by Gasteiger charge is 2.42. The topological polar surface area (TPSA) is 89.7 Å². The quantitative estimate of drug-likeness (QED) is 0.419. The first kappa shape index (κ1) is 18.4. The Bertz CT molecular complexity index is 1160. The summed E-state index contributed by atoms with van der Waals surface area (Å²) in [7, 11) is 1.18. The fourth-order valence-electron chi connectivity index (χ4n) is 3.41. The fourth-order valence-corrected chi connectivity index (χ4v) is 3.41. The smallest absolute Gasteiger partial charge is 0.338 e. The van der Waals surface area contributed by atoms with Gasteiger partial charge in [0.25, 0.3) is 11.8 Å². The second-order valence-corrected chi connectivity index (χ2v) is 6.42. The highest BCUT2D eigenvalue weighted by atomic mass is 19.1. The Morgan fingerprint density at radius 2 is 1.59 bits per heavy atom. The zero-order valence-electron chi connectivity index (χ0n) is 15.3. The second-order valence-electron chi connectivity index (χ2n) is 6.42. The number of halogens is 1. The number of rotatable bonds is 3. The van der Waals surface area contributed by atoms with E-state index in [9.17, 15) is 18.8 Å². The summed E-state index contributed by atoms with van der Waals surface area (Å²) in [5, 5.41) is 0. The number of imide groups is 1. The van der Waals surface area contributed by atoms with Crippen molar-refractivity contribution in [3.05, 3.63) is 83.2 Å². The van der Waals surface area contributed by atoms with E-state index >= 15 is 0 Å². The van der Waals surface area contributed by atoms with Crippen LogP contribution in [0.15, 0.2) is 60.7 Å². The van der Waals surface area contributed by atoms with Crippen LogP contribution < -0.4 is 10.6 Å². The van der Waals surface area contributed by atoms with Gasteiger partial charge in [0.15, 0.2) is 0 Å². The second kappa shape index (κ2) is 6.87. The number of nitrogens with two attached hydrogens (primary N) is 1. The average Bonchev–Trinajstić information content (AvgIpc) is 3.00. The molecule has 1 aliphatic rings. The van der Waals surface area contributed by atoms with Crippen LogP contribution in [0.5, 0.6) is 0 Å². The third-order valence-electron chi connectivity index (χ3n) is 4.78. The van der Waals surface area contributed by atoms with Crippen molar-refractivity contribution in [3.8, 4) is 11.1 Å². The predicted molar refractivity (Wildman–Crippen MR) is 105 cm³/mol. The number of anilines is 2. The van der Waals surface area contributed by atoms with Gasteiger partial charge in [-0.05, 0) is 35.9 Å². The maximum Gasteiger partial charge on any atom is 0.338 e. The Morgan fingerprint density at radius 3 is 2.21 bits per heavy atom. The molecule has 0 aliphatic carbocycles. The average molecular weight is 390 g/mol. The molecule has 0 saturated heterocycles. The molecule has 0 bridgehead atoms. The van der Waals surface area contributed by atoms with Crippen LogP contribution in [0.25, 0.3) is 11.1 Å². The standard InChI is InChI=1S/C22H15FN2O4/c1-29-22(28)16-11-15(12-7-9-13(23)10-8-12)19(24)18-17(16)20(26)25(21(18)27)14-5-3-2-4-6-14/h2-11H,24H2,1H3. The van der Waals surface area contributed by atoms with Crippen molar-refractivity contribution < 1.29 is 23.5 Å². The summed E-state index contributed by atoms with van der Waals surface area (Å²) in [6.07, 6.45) is 0. The molecule has 6 nitrogen and oxygen atoms in total. The Kier molecular flexibility index (Phi) is 4.35. The highest BCUT2D eigenvalue weighted by molar-refractivity contribution is 6.38.